The van der Waals surface area contributed by atoms with Crippen LogP contribution in [0.4, 0.5) is 8.78 Å². The fourth-order valence-corrected chi connectivity index (χ4v) is 1.70. The molecule has 0 bridgehead atoms. The molecule has 1 N–H and O–H groups in total. The predicted octanol–water partition coefficient (Wildman–Crippen LogP) is 2.03. The molecule has 5 nitrogen and oxygen atoms in total. The Labute approximate surface area is 116 Å². The maximum atomic E-state index is 12.5. The summed E-state index contributed by atoms with van der Waals surface area (Å²) < 4.78 is 27.6. The number of nitrogens with one attached hydrogen (secondary N) is 1. The van der Waals surface area contributed by atoms with Gasteiger partial charge in [0.2, 0.25) is 0 Å². The first-order valence-corrected chi connectivity index (χ1v) is 5.58. The maximum Gasteiger partial charge on any atom is 0.333 e. The Morgan fingerprint density at radius 2 is 2.05 bits per heavy atom. The van der Waals surface area contributed by atoms with E-state index in [9.17, 15) is 8.78 Å². The molecule has 2 rings (SSSR count). The van der Waals surface area contributed by atoms with E-state index >= 15 is 0 Å². The third kappa shape index (κ3) is 3.51. The van der Waals surface area contributed by atoms with Crippen molar-refractivity contribution in [3.8, 4) is 0 Å². The Kier molecular flexibility index (Phi) is 5.44. The molecule has 0 amide bonds. The highest BCUT2D eigenvalue weighted by Gasteiger charge is 2.11. The lowest BCUT2D eigenvalue weighted by Crippen LogP contribution is -2.17. The van der Waals surface area contributed by atoms with Crippen molar-refractivity contribution in [2.75, 3.05) is 0 Å². The van der Waals surface area contributed by atoms with Crippen LogP contribution in [0.2, 0.25) is 0 Å². The average molecular weight is 292 g/mol. The molecule has 0 saturated heterocycles. The van der Waals surface area contributed by atoms with Gasteiger partial charge in [0.05, 0.1) is 11.9 Å². The van der Waals surface area contributed by atoms with Gasteiger partial charge in [0.1, 0.15) is 0 Å². The van der Waals surface area contributed by atoms with Crippen LogP contribution in [-0.4, -0.2) is 19.6 Å². The van der Waals surface area contributed by atoms with Gasteiger partial charge in [-0.25, -0.2) is 4.68 Å². The maximum absolute atomic E-state index is 12.5. The van der Waals surface area contributed by atoms with E-state index in [1.807, 2.05) is 14.0 Å². The first-order valence-electron chi connectivity index (χ1n) is 5.58. The lowest BCUT2D eigenvalue weighted by atomic mass is 10.2. The zero-order chi connectivity index (χ0) is 13.1. The number of aromatic nitrogens is 4. The summed E-state index contributed by atoms with van der Waals surface area (Å²) in [4.78, 5) is 0. The molecule has 0 saturated carbocycles. The zero-order valence-corrected chi connectivity index (χ0v) is 11.5. The van der Waals surface area contributed by atoms with Crippen molar-refractivity contribution in [1.82, 2.24) is 24.9 Å². The minimum Gasteiger partial charge on any atom is -0.307 e. The van der Waals surface area contributed by atoms with E-state index in [0.717, 1.165) is 11.3 Å². The van der Waals surface area contributed by atoms with Crippen LogP contribution in [0.1, 0.15) is 23.5 Å². The van der Waals surface area contributed by atoms with Crippen LogP contribution in [0.3, 0.4) is 0 Å². The van der Waals surface area contributed by atoms with Gasteiger partial charge in [0.15, 0.2) is 0 Å². The van der Waals surface area contributed by atoms with Crippen molar-refractivity contribution in [3.05, 3.63) is 35.4 Å². The highest BCUT2D eigenvalue weighted by molar-refractivity contribution is 5.85. The molecule has 19 heavy (non-hydrogen) atoms. The van der Waals surface area contributed by atoms with Gasteiger partial charge in [-0.15, -0.1) is 12.4 Å². The quantitative estimate of drug-likeness (QED) is 0.917. The van der Waals surface area contributed by atoms with Gasteiger partial charge in [0.25, 0.3) is 0 Å². The number of rotatable bonds is 5. The average Bonchev–Trinajstić information content (AvgIpc) is 2.91. The molecule has 0 aliphatic heterocycles. The van der Waals surface area contributed by atoms with E-state index in [1.165, 1.54) is 6.20 Å². The summed E-state index contributed by atoms with van der Waals surface area (Å²) in [6.07, 6.45) is 3.14. The van der Waals surface area contributed by atoms with E-state index in [2.05, 4.69) is 15.5 Å². The second kappa shape index (κ2) is 6.63. The first kappa shape index (κ1) is 15.6. The molecule has 0 aromatic carbocycles. The number of halogens is 3. The standard InChI is InChI=1S/C11H15F2N5.ClH/c1-8-9(6-16-17(8)2)5-14-7-10-3-4-15-18(10)11(12)13;/h3-4,6,11,14H,5,7H2,1-2H3;1H. The largest absolute Gasteiger partial charge is 0.333 e. The lowest BCUT2D eigenvalue weighted by molar-refractivity contribution is 0.0531. The van der Waals surface area contributed by atoms with Crippen molar-refractivity contribution in [2.24, 2.45) is 7.05 Å². The third-order valence-corrected chi connectivity index (χ3v) is 2.90. The van der Waals surface area contributed by atoms with Gasteiger partial charge in [-0.05, 0) is 13.0 Å². The third-order valence-electron chi connectivity index (χ3n) is 2.90. The zero-order valence-electron chi connectivity index (χ0n) is 10.7. The minimum atomic E-state index is -2.60. The van der Waals surface area contributed by atoms with Crippen molar-refractivity contribution in [3.63, 3.8) is 0 Å². The fourth-order valence-electron chi connectivity index (χ4n) is 1.70. The lowest BCUT2D eigenvalue weighted by Gasteiger charge is -2.07. The number of hydrogen-bond donors (Lipinski definition) is 1. The SMILES string of the molecule is Cc1c(CNCc2ccnn2C(F)F)cnn1C.Cl. The molecule has 2 aromatic rings. The molecule has 2 heterocycles. The van der Waals surface area contributed by atoms with Crippen LogP contribution in [0.5, 0.6) is 0 Å². The molecule has 106 valence electrons. The Morgan fingerprint density at radius 1 is 1.32 bits per heavy atom. The summed E-state index contributed by atoms with van der Waals surface area (Å²) in [5, 5.41) is 10.8. The fraction of sp³-hybridized carbons (Fsp3) is 0.455. The Balaban J connectivity index is 0.00000180. The van der Waals surface area contributed by atoms with Crippen molar-refractivity contribution < 1.29 is 8.78 Å². The van der Waals surface area contributed by atoms with Crippen molar-refractivity contribution in [1.29, 1.82) is 0 Å². The molecule has 0 spiro atoms. The smallest absolute Gasteiger partial charge is 0.307 e. The Hall–Kier alpha value is -1.47. The molecule has 8 heteroatoms. The molecule has 0 radical (unpaired) electrons. The van der Waals surface area contributed by atoms with Gasteiger partial charge in [-0.1, -0.05) is 0 Å². The molecular weight excluding hydrogens is 276 g/mol. The Bertz CT molecular complexity index is 523. The highest BCUT2D eigenvalue weighted by Crippen LogP contribution is 2.12. The van der Waals surface area contributed by atoms with Crippen molar-refractivity contribution in [2.45, 2.75) is 26.6 Å². The van der Waals surface area contributed by atoms with Crippen LogP contribution in [-0.2, 0) is 20.1 Å². The molecule has 0 fully saturated rings. The number of hydrogen-bond acceptors (Lipinski definition) is 3. The number of alkyl halides is 2. The summed E-state index contributed by atoms with van der Waals surface area (Å²) in [5.41, 5.74) is 2.58. The van der Waals surface area contributed by atoms with E-state index in [-0.39, 0.29) is 12.4 Å². The van der Waals surface area contributed by atoms with Crippen LogP contribution < -0.4 is 5.32 Å². The summed E-state index contributed by atoms with van der Waals surface area (Å²) in [5.74, 6) is 0. The molecule has 0 aliphatic carbocycles. The molecule has 0 atom stereocenters. The van der Waals surface area contributed by atoms with E-state index in [0.29, 0.717) is 23.5 Å². The van der Waals surface area contributed by atoms with Crippen molar-refractivity contribution >= 4 is 12.4 Å². The summed E-state index contributed by atoms with van der Waals surface area (Å²) in [6.45, 7) is 0.303. The predicted molar refractivity (Wildman–Crippen MR) is 69.2 cm³/mol. The van der Waals surface area contributed by atoms with E-state index < -0.39 is 6.55 Å². The highest BCUT2D eigenvalue weighted by atomic mass is 35.5. The topological polar surface area (TPSA) is 47.7 Å². The summed E-state index contributed by atoms with van der Waals surface area (Å²) in [6, 6.07) is 1.58. The van der Waals surface area contributed by atoms with Gasteiger partial charge >= 0.3 is 6.55 Å². The molecule has 0 aliphatic rings. The van der Waals surface area contributed by atoms with Crippen LogP contribution in [0, 0.1) is 6.92 Å². The summed E-state index contributed by atoms with van der Waals surface area (Å²) in [7, 11) is 1.87. The second-order valence-electron chi connectivity index (χ2n) is 4.03. The van der Waals surface area contributed by atoms with Crippen LogP contribution in [0.15, 0.2) is 18.5 Å². The molecule has 0 unspecified atom stereocenters. The van der Waals surface area contributed by atoms with Crippen LogP contribution >= 0.6 is 12.4 Å². The van der Waals surface area contributed by atoms with E-state index in [4.69, 9.17) is 0 Å². The normalized spacial score (nSPS) is 10.8. The van der Waals surface area contributed by atoms with Gasteiger partial charge in [0, 0.05) is 37.6 Å². The first-order chi connectivity index (χ1) is 8.59. The second-order valence-corrected chi connectivity index (χ2v) is 4.03. The monoisotopic (exact) mass is 291 g/mol. The van der Waals surface area contributed by atoms with Crippen LogP contribution in [0.25, 0.3) is 0 Å². The van der Waals surface area contributed by atoms with Gasteiger partial charge in [-0.3, -0.25) is 4.68 Å². The van der Waals surface area contributed by atoms with Gasteiger partial charge < -0.3 is 5.32 Å². The number of aryl methyl sites for hydroxylation is 1. The van der Waals surface area contributed by atoms with E-state index in [1.54, 1.807) is 16.9 Å². The summed E-state index contributed by atoms with van der Waals surface area (Å²) >= 11 is 0. The molecular formula is C11H16ClF2N5. The Morgan fingerprint density at radius 3 is 2.63 bits per heavy atom. The minimum absolute atomic E-state index is 0. The van der Waals surface area contributed by atoms with Gasteiger partial charge in [-0.2, -0.15) is 19.0 Å². The molecule has 2 aromatic heterocycles. The number of nitrogens with zero attached hydrogens (tertiary/aromatic N) is 4.